The Hall–Kier alpha value is -1.62. The van der Waals surface area contributed by atoms with Gasteiger partial charge in [0.1, 0.15) is 0 Å². The zero-order valence-corrected chi connectivity index (χ0v) is 12.5. The first-order valence-corrected chi connectivity index (χ1v) is 7.00. The number of thiophene rings is 1. The highest BCUT2D eigenvalue weighted by Crippen LogP contribution is 2.25. The van der Waals surface area contributed by atoms with Crippen LogP contribution in [0.3, 0.4) is 0 Å². The smallest absolute Gasteiger partial charge is 0.328 e. The lowest BCUT2D eigenvalue weighted by atomic mass is 10.2. The zero-order valence-electron chi connectivity index (χ0n) is 11.6. The molecule has 1 aromatic rings. The maximum absolute atomic E-state index is 12.3. The summed E-state index contributed by atoms with van der Waals surface area (Å²) in [6.07, 6.45) is 2.62. The molecule has 0 aliphatic heterocycles. The highest BCUT2D eigenvalue weighted by molar-refractivity contribution is 7.15. The number of rotatable bonds is 5. The third-order valence-corrected chi connectivity index (χ3v) is 3.96. The molecule has 0 unspecified atom stereocenters. The summed E-state index contributed by atoms with van der Waals surface area (Å²) < 4.78 is 0. The van der Waals surface area contributed by atoms with Crippen LogP contribution < -0.4 is 0 Å². The van der Waals surface area contributed by atoms with Crippen LogP contribution in [-0.4, -0.2) is 34.5 Å². The molecule has 0 aliphatic carbocycles. The van der Waals surface area contributed by atoms with Crippen molar-refractivity contribution in [3.05, 3.63) is 27.5 Å². The van der Waals surface area contributed by atoms with Crippen LogP contribution in [0.15, 0.2) is 12.1 Å². The van der Waals surface area contributed by atoms with Gasteiger partial charge < -0.3 is 10.0 Å². The molecular formula is C14H19NO3S. The minimum absolute atomic E-state index is 0.000532. The van der Waals surface area contributed by atoms with E-state index in [0.29, 0.717) is 11.4 Å². The first-order chi connectivity index (χ1) is 8.86. The van der Waals surface area contributed by atoms with Crippen molar-refractivity contribution in [1.29, 1.82) is 0 Å². The molecule has 0 bridgehead atoms. The molecule has 1 amide bonds. The zero-order chi connectivity index (χ0) is 14.6. The van der Waals surface area contributed by atoms with E-state index in [1.165, 1.54) is 17.4 Å². The molecule has 0 saturated carbocycles. The predicted octanol–water partition coefficient (Wildman–Crippen LogP) is 3.02. The number of carbonyl (C=O) groups excluding carboxylic acids is 1. The second-order valence-corrected chi connectivity index (χ2v) is 5.60. The molecule has 1 heterocycles. The average molecular weight is 281 g/mol. The summed E-state index contributed by atoms with van der Waals surface area (Å²) in [6.45, 7) is 8.44. The van der Waals surface area contributed by atoms with Gasteiger partial charge in [-0.3, -0.25) is 4.79 Å². The van der Waals surface area contributed by atoms with Gasteiger partial charge in [-0.15, -0.1) is 11.3 Å². The van der Waals surface area contributed by atoms with Gasteiger partial charge in [-0.25, -0.2) is 4.79 Å². The number of amides is 1. The number of carbonyl (C=O) groups is 2. The molecule has 104 valence electrons. The lowest BCUT2D eigenvalue weighted by Gasteiger charge is -2.24. The van der Waals surface area contributed by atoms with Crippen molar-refractivity contribution in [2.75, 3.05) is 6.54 Å². The normalized spacial score (nSPS) is 11.2. The van der Waals surface area contributed by atoms with E-state index in [9.17, 15) is 9.59 Å². The molecule has 19 heavy (non-hydrogen) atoms. The molecule has 1 aromatic heterocycles. The lowest BCUT2D eigenvalue weighted by molar-refractivity contribution is -0.131. The maximum atomic E-state index is 12.3. The lowest BCUT2D eigenvalue weighted by Crippen LogP contribution is -2.36. The topological polar surface area (TPSA) is 57.6 Å². The monoisotopic (exact) mass is 281 g/mol. The standard InChI is InChI=1S/C14H19NO3S/c1-5-15(9(2)3)14(18)12-8-10(4)11(19-12)6-7-13(16)17/h6-9H,5H2,1-4H3,(H,16,17). The van der Waals surface area contributed by atoms with E-state index >= 15 is 0 Å². The van der Waals surface area contributed by atoms with Gasteiger partial charge in [0, 0.05) is 23.5 Å². The van der Waals surface area contributed by atoms with Gasteiger partial charge in [0.05, 0.1) is 4.88 Å². The molecule has 1 rings (SSSR count). The molecule has 5 heteroatoms. The maximum Gasteiger partial charge on any atom is 0.328 e. The fraction of sp³-hybridized carbons (Fsp3) is 0.429. The van der Waals surface area contributed by atoms with Crippen molar-refractivity contribution in [2.24, 2.45) is 0 Å². The van der Waals surface area contributed by atoms with Crippen LogP contribution in [0.2, 0.25) is 0 Å². The van der Waals surface area contributed by atoms with Crippen molar-refractivity contribution in [3.8, 4) is 0 Å². The Morgan fingerprint density at radius 2 is 2.11 bits per heavy atom. The highest BCUT2D eigenvalue weighted by Gasteiger charge is 2.19. The molecule has 1 N–H and O–H groups in total. The third-order valence-electron chi connectivity index (χ3n) is 2.77. The van der Waals surface area contributed by atoms with Gasteiger partial charge in [-0.2, -0.15) is 0 Å². The molecule has 0 fully saturated rings. The van der Waals surface area contributed by atoms with Crippen LogP contribution in [0.25, 0.3) is 6.08 Å². The van der Waals surface area contributed by atoms with E-state index in [4.69, 9.17) is 5.11 Å². The minimum atomic E-state index is -0.988. The SMILES string of the molecule is CCN(C(=O)c1cc(C)c(C=CC(=O)O)s1)C(C)C. The summed E-state index contributed by atoms with van der Waals surface area (Å²) in [5, 5.41) is 8.62. The first kappa shape index (κ1) is 15.4. The largest absolute Gasteiger partial charge is 0.478 e. The van der Waals surface area contributed by atoms with Crippen molar-refractivity contribution < 1.29 is 14.7 Å². The number of carboxylic acids is 1. The van der Waals surface area contributed by atoms with E-state index in [-0.39, 0.29) is 11.9 Å². The number of aryl methyl sites for hydroxylation is 1. The Balaban J connectivity index is 3.00. The van der Waals surface area contributed by atoms with Gasteiger partial charge in [-0.1, -0.05) is 0 Å². The minimum Gasteiger partial charge on any atom is -0.478 e. The molecule has 0 saturated heterocycles. The van der Waals surface area contributed by atoms with Crippen molar-refractivity contribution in [3.63, 3.8) is 0 Å². The Labute approximate surface area is 117 Å². The molecule has 0 atom stereocenters. The second-order valence-electron chi connectivity index (χ2n) is 4.51. The quantitative estimate of drug-likeness (QED) is 0.844. The van der Waals surface area contributed by atoms with Crippen LogP contribution in [0.5, 0.6) is 0 Å². The second kappa shape index (κ2) is 6.52. The number of nitrogens with zero attached hydrogens (tertiary/aromatic N) is 1. The van der Waals surface area contributed by atoms with Crippen LogP contribution in [0.4, 0.5) is 0 Å². The summed E-state index contributed by atoms with van der Waals surface area (Å²) >= 11 is 1.33. The summed E-state index contributed by atoms with van der Waals surface area (Å²) in [4.78, 5) is 26.1. The van der Waals surface area contributed by atoms with Gasteiger partial charge >= 0.3 is 5.97 Å². The number of carboxylic acid groups (broad SMARTS) is 1. The van der Waals surface area contributed by atoms with Gasteiger partial charge in [-0.05, 0) is 45.4 Å². The van der Waals surface area contributed by atoms with E-state index < -0.39 is 5.97 Å². The van der Waals surface area contributed by atoms with Crippen molar-refractivity contribution >= 4 is 29.3 Å². The van der Waals surface area contributed by atoms with Crippen LogP contribution in [0.1, 0.15) is 40.9 Å². The van der Waals surface area contributed by atoms with Gasteiger partial charge in [0.25, 0.3) is 5.91 Å². The van der Waals surface area contributed by atoms with Crippen molar-refractivity contribution in [2.45, 2.75) is 33.7 Å². The van der Waals surface area contributed by atoms with E-state index in [0.717, 1.165) is 16.5 Å². The Kier molecular flexibility index (Phi) is 5.30. The first-order valence-electron chi connectivity index (χ1n) is 6.19. The summed E-state index contributed by atoms with van der Waals surface area (Å²) in [5.41, 5.74) is 0.922. The summed E-state index contributed by atoms with van der Waals surface area (Å²) in [6, 6.07) is 1.97. The molecule has 0 spiro atoms. The Bertz CT molecular complexity index is 503. The van der Waals surface area contributed by atoms with Crippen LogP contribution in [-0.2, 0) is 4.79 Å². The Morgan fingerprint density at radius 3 is 2.58 bits per heavy atom. The van der Waals surface area contributed by atoms with Gasteiger partial charge in [0.15, 0.2) is 0 Å². The van der Waals surface area contributed by atoms with Crippen LogP contribution >= 0.6 is 11.3 Å². The predicted molar refractivity (Wildman–Crippen MR) is 77.6 cm³/mol. The summed E-state index contributed by atoms with van der Waals surface area (Å²) in [5.74, 6) is -0.987. The fourth-order valence-electron chi connectivity index (χ4n) is 1.80. The molecule has 0 radical (unpaired) electrons. The van der Waals surface area contributed by atoms with Crippen molar-refractivity contribution in [1.82, 2.24) is 4.90 Å². The Morgan fingerprint density at radius 1 is 1.47 bits per heavy atom. The van der Waals surface area contributed by atoms with Gasteiger partial charge in [0.2, 0.25) is 0 Å². The molecule has 0 aliphatic rings. The molecular weight excluding hydrogens is 262 g/mol. The number of hydrogen-bond acceptors (Lipinski definition) is 3. The molecule has 4 nitrogen and oxygen atoms in total. The van der Waals surface area contributed by atoms with E-state index in [1.807, 2.05) is 33.8 Å². The average Bonchev–Trinajstić information content (AvgIpc) is 2.68. The fourth-order valence-corrected chi connectivity index (χ4v) is 2.83. The highest BCUT2D eigenvalue weighted by atomic mass is 32.1. The van der Waals surface area contributed by atoms with Crippen LogP contribution in [0, 0.1) is 6.92 Å². The third kappa shape index (κ3) is 3.92. The number of aliphatic carboxylic acids is 1. The summed E-state index contributed by atoms with van der Waals surface area (Å²) in [7, 11) is 0. The number of hydrogen-bond donors (Lipinski definition) is 1. The van der Waals surface area contributed by atoms with E-state index in [1.54, 1.807) is 4.90 Å². The van der Waals surface area contributed by atoms with E-state index in [2.05, 4.69) is 0 Å². The molecule has 0 aromatic carbocycles.